The normalized spacial score (nSPS) is 12.8. The Balaban J connectivity index is 1.62. The van der Waals surface area contributed by atoms with Crippen LogP contribution in [0.5, 0.6) is 17.2 Å². The Morgan fingerprint density at radius 3 is 2.55 bits per heavy atom. The van der Waals surface area contributed by atoms with Gasteiger partial charge in [-0.15, -0.1) is 11.8 Å². The van der Waals surface area contributed by atoms with Crippen LogP contribution in [-0.2, 0) is 0 Å². The molecule has 0 radical (unpaired) electrons. The van der Waals surface area contributed by atoms with Crippen molar-refractivity contribution in [2.24, 2.45) is 0 Å². The zero-order chi connectivity index (χ0) is 15.4. The topological polar surface area (TPSA) is 44.8 Å². The minimum Gasteiger partial charge on any atom is -0.497 e. The second kappa shape index (κ2) is 6.75. The fourth-order valence-corrected chi connectivity index (χ4v) is 2.94. The number of hydrogen-bond donors (Lipinski definition) is 0. The molecule has 5 heteroatoms. The van der Waals surface area contributed by atoms with Crippen molar-refractivity contribution in [3.63, 3.8) is 0 Å². The van der Waals surface area contributed by atoms with Crippen LogP contribution in [0.3, 0.4) is 0 Å². The maximum atomic E-state index is 12.2. The van der Waals surface area contributed by atoms with Gasteiger partial charge in [0.2, 0.25) is 0 Å². The van der Waals surface area contributed by atoms with E-state index in [9.17, 15) is 4.79 Å². The quantitative estimate of drug-likeness (QED) is 0.624. The van der Waals surface area contributed by atoms with Gasteiger partial charge in [0.05, 0.1) is 12.9 Å². The summed E-state index contributed by atoms with van der Waals surface area (Å²) in [6.07, 6.45) is 0. The number of rotatable bonds is 5. The van der Waals surface area contributed by atoms with Crippen molar-refractivity contribution in [1.82, 2.24) is 0 Å². The lowest BCUT2D eigenvalue weighted by atomic mass is 10.1. The van der Waals surface area contributed by atoms with Gasteiger partial charge in [0.15, 0.2) is 17.3 Å². The molecule has 1 aliphatic heterocycles. The van der Waals surface area contributed by atoms with Gasteiger partial charge in [0, 0.05) is 10.5 Å². The van der Waals surface area contributed by atoms with Crippen LogP contribution < -0.4 is 14.2 Å². The first kappa shape index (κ1) is 14.8. The molecule has 0 saturated carbocycles. The van der Waals surface area contributed by atoms with Crippen molar-refractivity contribution in [3.8, 4) is 17.2 Å². The van der Waals surface area contributed by atoms with Crippen molar-refractivity contribution in [2.45, 2.75) is 4.90 Å². The number of ketones is 1. The molecule has 1 heterocycles. The summed E-state index contributed by atoms with van der Waals surface area (Å²) in [5.74, 6) is 2.72. The highest BCUT2D eigenvalue weighted by Gasteiger charge is 2.13. The molecule has 0 amide bonds. The highest BCUT2D eigenvalue weighted by atomic mass is 32.2. The summed E-state index contributed by atoms with van der Waals surface area (Å²) in [5.41, 5.74) is 0.686. The lowest BCUT2D eigenvalue weighted by molar-refractivity contribution is 0.102. The third-order valence-electron chi connectivity index (χ3n) is 3.30. The molecule has 114 valence electrons. The summed E-state index contributed by atoms with van der Waals surface area (Å²) in [7, 11) is 1.61. The number of carbonyl (C=O) groups is 1. The van der Waals surface area contributed by atoms with Crippen LogP contribution >= 0.6 is 11.8 Å². The second-order valence-electron chi connectivity index (χ2n) is 4.75. The lowest BCUT2D eigenvalue weighted by Crippen LogP contribution is -2.15. The predicted octanol–water partition coefficient (Wildman–Crippen LogP) is 3.44. The van der Waals surface area contributed by atoms with E-state index in [4.69, 9.17) is 14.2 Å². The fourth-order valence-electron chi connectivity index (χ4n) is 2.12. The Morgan fingerprint density at radius 2 is 1.82 bits per heavy atom. The molecule has 0 saturated heterocycles. The van der Waals surface area contributed by atoms with Crippen LogP contribution in [0.4, 0.5) is 0 Å². The summed E-state index contributed by atoms with van der Waals surface area (Å²) in [4.78, 5) is 13.2. The number of benzene rings is 2. The van der Waals surface area contributed by atoms with Crippen LogP contribution in [0.2, 0.25) is 0 Å². The van der Waals surface area contributed by atoms with E-state index in [1.165, 1.54) is 11.8 Å². The molecule has 0 bridgehead atoms. The smallest absolute Gasteiger partial charge is 0.173 e. The largest absolute Gasteiger partial charge is 0.497 e. The number of Topliss-reactive ketones (excluding diaryl/α,β-unsaturated/α-hetero) is 1. The Labute approximate surface area is 133 Å². The van der Waals surface area contributed by atoms with E-state index >= 15 is 0 Å². The van der Waals surface area contributed by atoms with E-state index in [0.29, 0.717) is 24.5 Å². The van der Waals surface area contributed by atoms with Crippen molar-refractivity contribution < 1.29 is 19.0 Å². The number of fused-ring (bicyclic) bond motifs is 1. The maximum absolute atomic E-state index is 12.2. The van der Waals surface area contributed by atoms with Crippen LogP contribution in [0.1, 0.15) is 10.4 Å². The molecule has 0 N–H and O–H groups in total. The van der Waals surface area contributed by atoms with Crippen molar-refractivity contribution in [3.05, 3.63) is 48.0 Å². The first-order valence-corrected chi connectivity index (χ1v) is 7.94. The molecule has 22 heavy (non-hydrogen) atoms. The zero-order valence-electron chi connectivity index (χ0n) is 12.2. The molecule has 0 aromatic heterocycles. The monoisotopic (exact) mass is 316 g/mol. The van der Waals surface area contributed by atoms with Crippen LogP contribution in [0, 0.1) is 0 Å². The fraction of sp³-hybridized carbons (Fsp3) is 0.235. The summed E-state index contributed by atoms with van der Waals surface area (Å²) in [6, 6.07) is 12.9. The molecule has 2 aromatic carbocycles. The van der Waals surface area contributed by atoms with Gasteiger partial charge >= 0.3 is 0 Å². The Hall–Kier alpha value is -2.14. The predicted molar refractivity (Wildman–Crippen MR) is 85.5 cm³/mol. The molecule has 3 rings (SSSR count). The average Bonchev–Trinajstić information content (AvgIpc) is 2.59. The van der Waals surface area contributed by atoms with Crippen LogP contribution in [0.25, 0.3) is 0 Å². The van der Waals surface area contributed by atoms with Crippen molar-refractivity contribution >= 4 is 17.5 Å². The van der Waals surface area contributed by atoms with Gasteiger partial charge in [-0.25, -0.2) is 0 Å². The summed E-state index contributed by atoms with van der Waals surface area (Å²) >= 11 is 1.49. The van der Waals surface area contributed by atoms with Gasteiger partial charge in [0.1, 0.15) is 19.0 Å². The molecular weight excluding hydrogens is 300 g/mol. The lowest BCUT2D eigenvalue weighted by Gasteiger charge is -2.18. The maximum Gasteiger partial charge on any atom is 0.173 e. The number of carbonyl (C=O) groups excluding carboxylic acids is 1. The zero-order valence-corrected chi connectivity index (χ0v) is 13.0. The van der Waals surface area contributed by atoms with Gasteiger partial charge in [-0.05, 0) is 42.5 Å². The Bertz CT molecular complexity index is 667. The van der Waals surface area contributed by atoms with Crippen LogP contribution in [0.15, 0.2) is 47.4 Å². The molecule has 0 aliphatic carbocycles. The van der Waals surface area contributed by atoms with E-state index < -0.39 is 0 Å². The summed E-state index contributed by atoms with van der Waals surface area (Å²) in [5, 5.41) is 0. The second-order valence-corrected chi connectivity index (χ2v) is 5.79. The molecule has 4 nitrogen and oxygen atoms in total. The number of hydrogen-bond acceptors (Lipinski definition) is 5. The SMILES string of the molecule is COc1ccc(C(=O)CSc2ccc3c(c2)OCCO3)cc1. The van der Waals surface area contributed by atoms with E-state index in [0.717, 1.165) is 22.1 Å². The van der Waals surface area contributed by atoms with E-state index in [1.807, 2.05) is 18.2 Å². The van der Waals surface area contributed by atoms with Gasteiger partial charge in [-0.1, -0.05) is 0 Å². The molecule has 0 fully saturated rings. The van der Waals surface area contributed by atoms with Gasteiger partial charge < -0.3 is 14.2 Å². The van der Waals surface area contributed by atoms with Gasteiger partial charge in [0.25, 0.3) is 0 Å². The molecule has 1 aliphatic rings. The molecule has 0 spiro atoms. The highest BCUT2D eigenvalue weighted by Crippen LogP contribution is 2.34. The summed E-state index contributed by atoms with van der Waals surface area (Å²) in [6.45, 7) is 1.14. The van der Waals surface area contributed by atoms with E-state index in [-0.39, 0.29) is 5.78 Å². The van der Waals surface area contributed by atoms with Crippen LogP contribution in [-0.4, -0.2) is 31.9 Å². The Morgan fingerprint density at radius 1 is 1.09 bits per heavy atom. The summed E-state index contributed by atoms with van der Waals surface area (Å²) < 4.78 is 16.1. The third kappa shape index (κ3) is 3.36. The van der Waals surface area contributed by atoms with Crippen molar-refractivity contribution in [1.29, 1.82) is 0 Å². The first-order chi connectivity index (χ1) is 10.8. The number of ether oxygens (including phenoxy) is 3. The minimum absolute atomic E-state index is 0.0857. The average molecular weight is 316 g/mol. The molecule has 2 aromatic rings. The third-order valence-corrected chi connectivity index (χ3v) is 4.29. The molecule has 0 atom stereocenters. The van der Waals surface area contributed by atoms with E-state index in [1.54, 1.807) is 31.4 Å². The Kier molecular flexibility index (Phi) is 4.53. The van der Waals surface area contributed by atoms with Gasteiger partial charge in [-0.2, -0.15) is 0 Å². The van der Waals surface area contributed by atoms with E-state index in [2.05, 4.69) is 0 Å². The van der Waals surface area contributed by atoms with Crippen molar-refractivity contribution in [2.75, 3.05) is 26.1 Å². The molecular formula is C17H16O4S. The van der Waals surface area contributed by atoms with Gasteiger partial charge in [-0.3, -0.25) is 4.79 Å². The highest BCUT2D eigenvalue weighted by molar-refractivity contribution is 8.00. The minimum atomic E-state index is 0.0857. The first-order valence-electron chi connectivity index (χ1n) is 6.96. The number of methoxy groups -OCH3 is 1. The standard InChI is InChI=1S/C17H16O4S/c1-19-13-4-2-12(3-5-13)15(18)11-22-14-6-7-16-17(10-14)21-9-8-20-16/h2-7,10H,8-9,11H2,1H3. The molecule has 0 unspecified atom stereocenters. The number of thioether (sulfide) groups is 1.